The highest BCUT2D eigenvalue weighted by molar-refractivity contribution is 6.35. The fraction of sp³-hybridized carbons (Fsp3) is 0.318. The van der Waals surface area contributed by atoms with Crippen molar-refractivity contribution in [2.24, 2.45) is 0 Å². The molecule has 1 N–H and O–H groups in total. The average molecular weight is 411 g/mol. The molecule has 2 aromatic rings. The van der Waals surface area contributed by atoms with Crippen molar-refractivity contribution in [2.75, 3.05) is 39.2 Å². The van der Waals surface area contributed by atoms with Crippen LogP contribution < -0.4 is 14.8 Å². The summed E-state index contributed by atoms with van der Waals surface area (Å²) < 4.78 is 10.4. The first-order valence-electron chi connectivity index (χ1n) is 9.57. The number of carbonyl (C=O) groups is 3. The Morgan fingerprint density at radius 2 is 1.63 bits per heavy atom. The summed E-state index contributed by atoms with van der Waals surface area (Å²) in [4.78, 5) is 40.2. The Bertz CT molecular complexity index is 942. The Hall–Kier alpha value is -3.55. The molecule has 8 nitrogen and oxygen atoms in total. The topological polar surface area (TPSA) is 88.2 Å². The second kappa shape index (κ2) is 9.30. The van der Waals surface area contributed by atoms with Gasteiger partial charge in [-0.25, -0.2) is 0 Å². The highest BCUT2D eigenvalue weighted by Gasteiger charge is 2.33. The van der Waals surface area contributed by atoms with E-state index in [1.807, 2.05) is 31.2 Å². The minimum Gasteiger partial charge on any atom is -0.497 e. The molecule has 1 fully saturated rings. The van der Waals surface area contributed by atoms with Crippen LogP contribution >= 0.6 is 0 Å². The van der Waals surface area contributed by atoms with Crippen LogP contribution in [0.2, 0.25) is 0 Å². The zero-order chi connectivity index (χ0) is 21.7. The minimum atomic E-state index is -0.680. The Morgan fingerprint density at radius 3 is 2.30 bits per heavy atom. The molecule has 0 unspecified atom stereocenters. The van der Waals surface area contributed by atoms with Gasteiger partial charge >= 0.3 is 11.8 Å². The lowest BCUT2D eigenvalue weighted by Gasteiger charge is -2.33. The number of ether oxygens (including phenoxy) is 2. The molecule has 0 aliphatic carbocycles. The molecular formula is C22H25N3O5. The van der Waals surface area contributed by atoms with E-state index < -0.39 is 17.7 Å². The maximum Gasteiger partial charge on any atom is 0.312 e. The molecule has 0 bridgehead atoms. The Kier molecular flexibility index (Phi) is 6.56. The standard InChI is InChI=1S/C22H25N3O5/c1-15-4-6-16(7-5-15)13-24-10-11-25(22(28)21(24)27)14-20(26)23-18-12-17(29-2)8-9-19(18)30-3/h4-9,12H,10-11,13-14H2,1-3H3,(H,23,26). The molecule has 158 valence electrons. The van der Waals surface area contributed by atoms with Crippen LogP contribution in [0.4, 0.5) is 5.69 Å². The number of benzene rings is 2. The number of aryl methyl sites for hydroxylation is 1. The fourth-order valence-electron chi connectivity index (χ4n) is 3.21. The first kappa shape index (κ1) is 21.2. The molecule has 0 saturated carbocycles. The van der Waals surface area contributed by atoms with Gasteiger partial charge < -0.3 is 24.6 Å². The van der Waals surface area contributed by atoms with Gasteiger partial charge in [-0.15, -0.1) is 0 Å². The van der Waals surface area contributed by atoms with Gasteiger partial charge in [-0.2, -0.15) is 0 Å². The second-order valence-electron chi connectivity index (χ2n) is 7.05. The van der Waals surface area contributed by atoms with Crippen LogP contribution in [0.25, 0.3) is 0 Å². The third kappa shape index (κ3) is 4.89. The zero-order valence-electron chi connectivity index (χ0n) is 17.3. The number of carbonyl (C=O) groups excluding carboxylic acids is 3. The lowest BCUT2D eigenvalue weighted by Crippen LogP contribution is -2.55. The smallest absolute Gasteiger partial charge is 0.312 e. The summed E-state index contributed by atoms with van der Waals surface area (Å²) in [5, 5.41) is 2.71. The van der Waals surface area contributed by atoms with E-state index in [4.69, 9.17) is 9.47 Å². The number of methoxy groups -OCH3 is 2. The van der Waals surface area contributed by atoms with Crippen LogP contribution in [0.5, 0.6) is 11.5 Å². The summed E-state index contributed by atoms with van der Waals surface area (Å²) in [6.07, 6.45) is 0. The van der Waals surface area contributed by atoms with Gasteiger partial charge in [0, 0.05) is 25.7 Å². The van der Waals surface area contributed by atoms with E-state index in [9.17, 15) is 14.4 Å². The Labute approximate surface area is 175 Å². The molecule has 8 heteroatoms. The molecule has 1 saturated heterocycles. The van der Waals surface area contributed by atoms with E-state index in [2.05, 4.69) is 5.32 Å². The number of nitrogens with zero attached hydrogens (tertiary/aromatic N) is 2. The molecule has 0 aromatic heterocycles. The van der Waals surface area contributed by atoms with Gasteiger partial charge in [0.05, 0.1) is 19.9 Å². The van der Waals surface area contributed by atoms with E-state index in [1.54, 1.807) is 18.2 Å². The maximum atomic E-state index is 12.5. The van der Waals surface area contributed by atoms with Crippen molar-refractivity contribution < 1.29 is 23.9 Å². The first-order chi connectivity index (χ1) is 14.4. The maximum absolute atomic E-state index is 12.5. The van der Waals surface area contributed by atoms with Gasteiger partial charge in [0.2, 0.25) is 5.91 Å². The number of hydrogen-bond donors (Lipinski definition) is 1. The molecule has 1 aliphatic heterocycles. The Balaban J connectivity index is 1.60. The third-order valence-corrected chi connectivity index (χ3v) is 4.91. The molecule has 1 heterocycles. The summed E-state index contributed by atoms with van der Waals surface area (Å²) in [7, 11) is 3.01. The molecule has 0 atom stereocenters. The van der Waals surface area contributed by atoms with Crippen molar-refractivity contribution >= 4 is 23.4 Å². The first-order valence-corrected chi connectivity index (χ1v) is 9.57. The van der Waals surface area contributed by atoms with Crippen molar-refractivity contribution in [1.82, 2.24) is 9.80 Å². The number of anilines is 1. The van der Waals surface area contributed by atoms with Crippen molar-refractivity contribution in [3.05, 3.63) is 53.6 Å². The average Bonchev–Trinajstić information content (AvgIpc) is 2.75. The molecular weight excluding hydrogens is 386 g/mol. The monoisotopic (exact) mass is 411 g/mol. The van der Waals surface area contributed by atoms with E-state index in [1.165, 1.54) is 24.0 Å². The van der Waals surface area contributed by atoms with Crippen LogP contribution in [0.3, 0.4) is 0 Å². The molecule has 3 rings (SSSR count). The number of hydrogen-bond acceptors (Lipinski definition) is 5. The summed E-state index contributed by atoms with van der Waals surface area (Å²) in [5.74, 6) is -0.680. The minimum absolute atomic E-state index is 0.219. The third-order valence-electron chi connectivity index (χ3n) is 4.91. The van der Waals surface area contributed by atoms with E-state index >= 15 is 0 Å². The molecule has 2 aromatic carbocycles. The van der Waals surface area contributed by atoms with Gasteiger partial charge in [-0.1, -0.05) is 29.8 Å². The van der Waals surface area contributed by atoms with Gasteiger partial charge in [-0.05, 0) is 24.6 Å². The van der Waals surface area contributed by atoms with Crippen LogP contribution in [0, 0.1) is 6.92 Å². The second-order valence-corrected chi connectivity index (χ2v) is 7.05. The molecule has 30 heavy (non-hydrogen) atoms. The number of amides is 3. The van der Waals surface area contributed by atoms with Crippen molar-refractivity contribution in [3.63, 3.8) is 0 Å². The van der Waals surface area contributed by atoms with E-state index in [-0.39, 0.29) is 6.54 Å². The van der Waals surface area contributed by atoms with Crippen LogP contribution in [0.1, 0.15) is 11.1 Å². The van der Waals surface area contributed by atoms with Gasteiger partial charge in [0.15, 0.2) is 0 Å². The number of nitrogens with one attached hydrogen (secondary N) is 1. The van der Waals surface area contributed by atoms with Gasteiger partial charge in [-0.3, -0.25) is 14.4 Å². The Morgan fingerprint density at radius 1 is 0.967 bits per heavy atom. The zero-order valence-corrected chi connectivity index (χ0v) is 17.3. The van der Waals surface area contributed by atoms with Crippen LogP contribution in [-0.2, 0) is 20.9 Å². The fourth-order valence-corrected chi connectivity index (χ4v) is 3.21. The highest BCUT2D eigenvalue weighted by Crippen LogP contribution is 2.28. The summed E-state index contributed by atoms with van der Waals surface area (Å²) in [5.41, 5.74) is 2.52. The lowest BCUT2D eigenvalue weighted by molar-refractivity contribution is -0.157. The SMILES string of the molecule is COc1ccc(OC)c(NC(=O)CN2CCN(Cc3ccc(C)cc3)C(=O)C2=O)c1. The van der Waals surface area contributed by atoms with Crippen LogP contribution in [0.15, 0.2) is 42.5 Å². The summed E-state index contributed by atoms with van der Waals surface area (Å²) in [6, 6.07) is 12.8. The quantitative estimate of drug-likeness (QED) is 0.703. The normalized spacial score (nSPS) is 14.0. The summed E-state index contributed by atoms with van der Waals surface area (Å²) in [6.45, 7) is 2.80. The molecule has 1 aliphatic rings. The molecule has 0 radical (unpaired) electrons. The molecule has 0 spiro atoms. The van der Waals surface area contributed by atoms with Crippen LogP contribution in [-0.4, -0.2) is 61.4 Å². The van der Waals surface area contributed by atoms with E-state index in [0.717, 1.165) is 11.1 Å². The van der Waals surface area contributed by atoms with Crippen molar-refractivity contribution in [1.29, 1.82) is 0 Å². The predicted octanol–water partition coefficient (Wildman–Crippen LogP) is 1.82. The number of rotatable bonds is 7. The molecule has 3 amide bonds. The highest BCUT2D eigenvalue weighted by atomic mass is 16.5. The van der Waals surface area contributed by atoms with Gasteiger partial charge in [0.25, 0.3) is 0 Å². The lowest BCUT2D eigenvalue weighted by atomic mass is 10.1. The number of piperazine rings is 1. The predicted molar refractivity (Wildman–Crippen MR) is 111 cm³/mol. The summed E-state index contributed by atoms with van der Waals surface area (Å²) >= 11 is 0. The van der Waals surface area contributed by atoms with Crippen molar-refractivity contribution in [2.45, 2.75) is 13.5 Å². The van der Waals surface area contributed by atoms with E-state index in [0.29, 0.717) is 36.8 Å². The van der Waals surface area contributed by atoms with Gasteiger partial charge in [0.1, 0.15) is 18.0 Å². The largest absolute Gasteiger partial charge is 0.497 e. The van der Waals surface area contributed by atoms with Crippen molar-refractivity contribution in [3.8, 4) is 11.5 Å².